The molecular formula is C22H19F4N7. The van der Waals surface area contributed by atoms with E-state index in [1.54, 1.807) is 31.2 Å². The van der Waals surface area contributed by atoms with E-state index in [2.05, 4.69) is 20.4 Å². The van der Waals surface area contributed by atoms with Gasteiger partial charge in [0.25, 0.3) is 0 Å². The Kier molecular flexibility index (Phi) is 5.62. The number of aromatic nitrogens is 4. The van der Waals surface area contributed by atoms with Crippen LogP contribution >= 0.6 is 0 Å². The summed E-state index contributed by atoms with van der Waals surface area (Å²) in [6, 6.07) is 8.70. The second-order valence-electron chi connectivity index (χ2n) is 7.30. The maximum absolute atomic E-state index is 14.6. The molecule has 11 heteroatoms. The first-order valence-corrected chi connectivity index (χ1v) is 9.71. The van der Waals surface area contributed by atoms with Crippen molar-refractivity contribution in [1.82, 2.24) is 19.7 Å². The topological polar surface area (TPSA) is 84.9 Å². The third kappa shape index (κ3) is 4.71. The van der Waals surface area contributed by atoms with Crippen LogP contribution in [0.3, 0.4) is 0 Å². The first-order valence-electron chi connectivity index (χ1n) is 9.71. The number of anilines is 5. The predicted octanol–water partition coefficient (Wildman–Crippen LogP) is 5.13. The van der Waals surface area contributed by atoms with Gasteiger partial charge in [0.15, 0.2) is 0 Å². The molecule has 4 aromatic rings. The van der Waals surface area contributed by atoms with E-state index < -0.39 is 17.6 Å². The van der Waals surface area contributed by atoms with Gasteiger partial charge in [0, 0.05) is 37.7 Å². The molecule has 7 nitrogen and oxygen atoms in total. The Morgan fingerprint density at radius 3 is 2.42 bits per heavy atom. The molecule has 3 N–H and O–H groups in total. The molecule has 0 aliphatic rings. The molecule has 0 unspecified atom stereocenters. The Balaban J connectivity index is 1.80. The maximum Gasteiger partial charge on any atom is 0.416 e. The van der Waals surface area contributed by atoms with E-state index in [9.17, 15) is 17.6 Å². The number of aryl methyl sites for hydroxylation is 1. The Morgan fingerprint density at radius 2 is 1.79 bits per heavy atom. The summed E-state index contributed by atoms with van der Waals surface area (Å²) in [6.45, 7) is 0. The van der Waals surface area contributed by atoms with Gasteiger partial charge in [-0.2, -0.15) is 23.3 Å². The molecule has 4 rings (SSSR count). The third-order valence-corrected chi connectivity index (χ3v) is 4.90. The van der Waals surface area contributed by atoms with Crippen LogP contribution in [0.25, 0.3) is 11.1 Å². The fourth-order valence-corrected chi connectivity index (χ4v) is 3.25. The molecule has 33 heavy (non-hydrogen) atoms. The van der Waals surface area contributed by atoms with Crippen molar-refractivity contribution >= 4 is 28.8 Å². The summed E-state index contributed by atoms with van der Waals surface area (Å²) in [5, 5.41) is 7.07. The number of halogens is 4. The van der Waals surface area contributed by atoms with Crippen LogP contribution < -0.4 is 16.0 Å². The summed E-state index contributed by atoms with van der Waals surface area (Å²) in [6.07, 6.45) is 0.295. The van der Waals surface area contributed by atoms with Crippen molar-refractivity contribution in [3.8, 4) is 11.1 Å². The molecule has 0 amide bonds. The molecule has 0 aliphatic carbocycles. The number of nitrogens with zero attached hydrogens (tertiary/aromatic N) is 5. The van der Waals surface area contributed by atoms with Gasteiger partial charge in [-0.3, -0.25) is 4.68 Å². The van der Waals surface area contributed by atoms with E-state index in [1.807, 2.05) is 0 Å². The summed E-state index contributed by atoms with van der Waals surface area (Å²) in [7, 11) is 3.34. The lowest BCUT2D eigenvalue weighted by molar-refractivity contribution is -0.137. The van der Waals surface area contributed by atoms with Crippen LogP contribution in [-0.4, -0.2) is 26.8 Å². The highest BCUT2D eigenvalue weighted by Crippen LogP contribution is 2.37. The molecule has 0 aliphatic heterocycles. The molecule has 170 valence electrons. The highest BCUT2D eigenvalue weighted by atomic mass is 19.4. The molecule has 2 aromatic heterocycles. The molecule has 0 saturated carbocycles. The van der Waals surface area contributed by atoms with Gasteiger partial charge in [0.05, 0.1) is 23.1 Å². The van der Waals surface area contributed by atoms with E-state index in [0.717, 1.165) is 12.1 Å². The zero-order valence-corrected chi connectivity index (χ0v) is 17.6. The quantitative estimate of drug-likeness (QED) is 0.319. The first-order chi connectivity index (χ1) is 15.6. The van der Waals surface area contributed by atoms with Crippen molar-refractivity contribution in [3.05, 3.63) is 72.4 Å². The van der Waals surface area contributed by atoms with Crippen molar-refractivity contribution < 1.29 is 17.6 Å². The molecule has 0 saturated heterocycles. The van der Waals surface area contributed by atoms with E-state index >= 15 is 0 Å². The standard InChI is InChI=1S/C22H19F4N7/c1-32-12-16(10-29-32)30-21-28-11-17(13-3-5-14(6-4-13)22(24,25)26)20(31-21)33(2)19-9-15(27)7-8-18(19)23/h3-12H,27H2,1-2H3,(H,28,30,31). The van der Waals surface area contributed by atoms with Crippen LogP contribution in [0.4, 0.5) is 46.4 Å². The molecule has 0 atom stereocenters. The predicted molar refractivity (Wildman–Crippen MR) is 118 cm³/mol. The minimum absolute atomic E-state index is 0.147. The van der Waals surface area contributed by atoms with E-state index in [-0.39, 0.29) is 17.5 Å². The van der Waals surface area contributed by atoms with Crippen LogP contribution in [0.15, 0.2) is 61.1 Å². The lowest BCUT2D eigenvalue weighted by atomic mass is 10.0. The first kappa shape index (κ1) is 22.1. The van der Waals surface area contributed by atoms with Gasteiger partial charge < -0.3 is 16.0 Å². The van der Waals surface area contributed by atoms with E-state index in [0.29, 0.717) is 22.5 Å². The number of hydrogen-bond donors (Lipinski definition) is 2. The SMILES string of the molecule is CN(c1cc(N)ccc1F)c1nc(Nc2cnn(C)c2)ncc1-c1ccc(C(F)(F)F)cc1. The summed E-state index contributed by atoms with van der Waals surface area (Å²) in [4.78, 5) is 10.3. The van der Waals surface area contributed by atoms with E-state index in [4.69, 9.17) is 5.73 Å². The second-order valence-corrected chi connectivity index (χ2v) is 7.30. The van der Waals surface area contributed by atoms with Gasteiger partial charge in [-0.15, -0.1) is 0 Å². The minimum atomic E-state index is -4.46. The lowest BCUT2D eigenvalue weighted by Crippen LogP contribution is -2.16. The van der Waals surface area contributed by atoms with Crippen LogP contribution in [0.1, 0.15) is 5.56 Å². The average molecular weight is 457 g/mol. The fourth-order valence-electron chi connectivity index (χ4n) is 3.25. The summed E-state index contributed by atoms with van der Waals surface area (Å²) < 4.78 is 55.2. The summed E-state index contributed by atoms with van der Waals surface area (Å²) in [5.74, 6) is -0.0732. The molecule has 0 fully saturated rings. The zero-order chi connectivity index (χ0) is 23.8. The van der Waals surface area contributed by atoms with Gasteiger partial charge in [-0.25, -0.2) is 9.37 Å². The Bertz CT molecular complexity index is 1280. The van der Waals surface area contributed by atoms with Gasteiger partial charge in [-0.1, -0.05) is 12.1 Å². The van der Waals surface area contributed by atoms with Crippen molar-refractivity contribution in [2.24, 2.45) is 7.05 Å². The highest BCUT2D eigenvalue weighted by Gasteiger charge is 2.30. The van der Waals surface area contributed by atoms with Gasteiger partial charge in [0.1, 0.15) is 11.6 Å². The molecule has 2 aromatic carbocycles. The van der Waals surface area contributed by atoms with Crippen LogP contribution in [0, 0.1) is 5.82 Å². The fraction of sp³-hybridized carbons (Fsp3) is 0.136. The number of nitrogens with one attached hydrogen (secondary N) is 1. The molecule has 0 bridgehead atoms. The number of rotatable bonds is 5. The summed E-state index contributed by atoms with van der Waals surface area (Å²) in [5.41, 5.74) is 7.01. The van der Waals surface area contributed by atoms with Crippen molar-refractivity contribution in [2.45, 2.75) is 6.18 Å². The number of nitrogen functional groups attached to an aromatic ring is 1. The largest absolute Gasteiger partial charge is 0.416 e. The minimum Gasteiger partial charge on any atom is -0.399 e. The Morgan fingerprint density at radius 1 is 1.06 bits per heavy atom. The van der Waals surface area contributed by atoms with Crippen molar-refractivity contribution in [3.63, 3.8) is 0 Å². The molecule has 0 spiro atoms. The second kappa shape index (κ2) is 8.41. The molecule has 0 radical (unpaired) electrons. The number of nitrogens with two attached hydrogens (primary N) is 1. The Hall–Kier alpha value is -4.15. The van der Waals surface area contributed by atoms with Crippen molar-refractivity contribution in [1.29, 1.82) is 0 Å². The zero-order valence-electron chi connectivity index (χ0n) is 17.6. The molecule has 2 heterocycles. The van der Waals surface area contributed by atoms with Crippen molar-refractivity contribution in [2.75, 3.05) is 23.0 Å². The van der Waals surface area contributed by atoms with Crippen LogP contribution in [0.5, 0.6) is 0 Å². The third-order valence-electron chi connectivity index (χ3n) is 4.90. The van der Waals surface area contributed by atoms with Crippen LogP contribution in [-0.2, 0) is 13.2 Å². The maximum atomic E-state index is 14.6. The number of benzene rings is 2. The molecular weight excluding hydrogens is 438 g/mol. The van der Waals surface area contributed by atoms with Gasteiger partial charge >= 0.3 is 6.18 Å². The Labute approximate surface area is 186 Å². The lowest BCUT2D eigenvalue weighted by Gasteiger charge is -2.23. The normalized spacial score (nSPS) is 11.5. The highest BCUT2D eigenvalue weighted by molar-refractivity contribution is 5.80. The number of alkyl halides is 3. The summed E-state index contributed by atoms with van der Waals surface area (Å²) >= 11 is 0. The van der Waals surface area contributed by atoms with Gasteiger partial charge in [0.2, 0.25) is 5.95 Å². The average Bonchev–Trinajstić information content (AvgIpc) is 3.19. The monoisotopic (exact) mass is 457 g/mol. The van der Waals surface area contributed by atoms with E-state index in [1.165, 1.54) is 41.4 Å². The van der Waals surface area contributed by atoms with Gasteiger partial charge in [-0.05, 0) is 35.9 Å². The number of hydrogen-bond acceptors (Lipinski definition) is 6. The smallest absolute Gasteiger partial charge is 0.399 e. The van der Waals surface area contributed by atoms with Crippen LogP contribution in [0.2, 0.25) is 0 Å².